The van der Waals surface area contributed by atoms with Crippen LogP contribution in [0, 0.1) is 5.92 Å². The first-order chi connectivity index (χ1) is 10.5. The van der Waals surface area contributed by atoms with Crippen molar-refractivity contribution in [2.75, 3.05) is 18.4 Å². The van der Waals surface area contributed by atoms with Gasteiger partial charge in [-0.3, -0.25) is 14.4 Å². The Kier molecular flexibility index (Phi) is 4.06. The largest absolute Gasteiger partial charge is 0.369 e. The maximum absolute atomic E-state index is 12.3. The summed E-state index contributed by atoms with van der Waals surface area (Å²) in [5.41, 5.74) is 6.06. The summed E-state index contributed by atoms with van der Waals surface area (Å²) in [5, 5.41) is 2.39. The van der Waals surface area contributed by atoms with Crippen LogP contribution in [0.25, 0.3) is 0 Å². The third-order valence-electron chi connectivity index (χ3n) is 4.01. The Morgan fingerprint density at radius 1 is 1.36 bits per heavy atom. The molecule has 2 heterocycles. The lowest BCUT2D eigenvalue weighted by molar-refractivity contribution is -0.132. The van der Waals surface area contributed by atoms with Gasteiger partial charge in [-0.05, 0) is 18.6 Å². The molecule has 2 atom stereocenters. The van der Waals surface area contributed by atoms with Crippen molar-refractivity contribution in [2.24, 2.45) is 11.7 Å². The average molecular weight is 319 g/mol. The van der Waals surface area contributed by atoms with E-state index < -0.39 is 5.25 Å². The lowest BCUT2D eigenvalue weighted by Crippen LogP contribution is -2.37. The molecule has 116 valence electrons. The normalized spacial score (nSPS) is 23.8. The maximum atomic E-state index is 12.3. The third kappa shape index (κ3) is 2.94. The average Bonchev–Trinajstić information content (AvgIpc) is 2.98. The van der Waals surface area contributed by atoms with E-state index in [9.17, 15) is 14.4 Å². The van der Waals surface area contributed by atoms with Gasteiger partial charge in [0.1, 0.15) is 0 Å². The molecule has 1 aromatic carbocycles. The zero-order chi connectivity index (χ0) is 15.7. The molecular weight excluding hydrogens is 302 g/mol. The van der Waals surface area contributed by atoms with E-state index in [0.29, 0.717) is 19.5 Å². The molecular formula is C15H17N3O3S. The summed E-state index contributed by atoms with van der Waals surface area (Å²) >= 11 is 1.41. The Hall–Kier alpha value is -2.02. The van der Waals surface area contributed by atoms with Crippen molar-refractivity contribution in [3.05, 3.63) is 24.3 Å². The van der Waals surface area contributed by atoms with Crippen LogP contribution in [0.3, 0.4) is 0 Å². The van der Waals surface area contributed by atoms with Crippen molar-refractivity contribution in [1.29, 1.82) is 0 Å². The molecule has 1 saturated heterocycles. The van der Waals surface area contributed by atoms with Gasteiger partial charge < -0.3 is 16.0 Å². The standard InChI is InChI=1S/C15H17N3O3S/c16-14(20)9-5-6-18(8-9)13(19)7-12-15(21)17-10-3-1-2-4-11(10)22-12/h1-4,9,12H,5-8H2,(H2,16,20)(H,17,21)/t9-,12+/m0/s1. The molecule has 0 unspecified atom stereocenters. The van der Waals surface area contributed by atoms with Crippen molar-refractivity contribution in [3.8, 4) is 0 Å². The molecule has 3 amide bonds. The number of amides is 3. The number of carbonyl (C=O) groups is 3. The number of hydrogen-bond donors (Lipinski definition) is 2. The van der Waals surface area contributed by atoms with E-state index in [0.717, 1.165) is 10.6 Å². The first-order valence-corrected chi connectivity index (χ1v) is 8.06. The van der Waals surface area contributed by atoms with Gasteiger partial charge in [0.2, 0.25) is 17.7 Å². The second-order valence-corrected chi connectivity index (χ2v) is 6.77. The van der Waals surface area contributed by atoms with Crippen molar-refractivity contribution in [3.63, 3.8) is 0 Å². The number of benzene rings is 1. The summed E-state index contributed by atoms with van der Waals surface area (Å²) in [7, 11) is 0. The number of carbonyl (C=O) groups excluding carboxylic acids is 3. The number of para-hydroxylation sites is 1. The first-order valence-electron chi connectivity index (χ1n) is 7.18. The van der Waals surface area contributed by atoms with Gasteiger partial charge in [0.15, 0.2) is 0 Å². The van der Waals surface area contributed by atoms with Crippen LogP contribution in [0.4, 0.5) is 5.69 Å². The summed E-state index contributed by atoms with van der Waals surface area (Å²) in [6, 6.07) is 7.53. The van der Waals surface area contributed by atoms with E-state index in [-0.39, 0.29) is 30.1 Å². The maximum Gasteiger partial charge on any atom is 0.238 e. The summed E-state index contributed by atoms with van der Waals surface area (Å²) in [4.78, 5) is 38.2. The molecule has 0 radical (unpaired) electrons. The number of anilines is 1. The van der Waals surface area contributed by atoms with E-state index in [1.807, 2.05) is 24.3 Å². The minimum Gasteiger partial charge on any atom is -0.369 e. The lowest BCUT2D eigenvalue weighted by Gasteiger charge is -2.25. The number of nitrogens with one attached hydrogen (secondary N) is 1. The van der Waals surface area contributed by atoms with Crippen LogP contribution in [0.15, 0.2) is 29.2 Å². The smallest absolute Gasteiger partial charge is 0.238 e. The highest BCUT2D eigenvalue weighted by atomic mass is 32.2. The lowest BCUT2D eigenvalue weighted by atomic mass is 10.1. The zero-order valence-corrected chi connectivity index (χ0v) is 12.8. The van der Waals surface area contributed by atoms with E-state index in [1.165, 1.54) is 11.8 Å². The molecule has 0 aliphatic carbocycles. The second-order valence-electron chi connectivity index (χ2n) is 5.52. The van der Waals surface area contributed by atoms with Crippen LogP contribution in [0.2, 0.25) is 0 Å². The zero-order valence-electron chi connectivity index (χ0n) is 12.0. The highest BCUT2D eigenvalue weighted by Gasteiger charge is 2.34. The number of hydrogen-bond acceptors (Lipinski definition) is 4. The Balaban J connectivity index is 1.63. The fraction of sp³-hybridized carbons (Fsp3) is 0.400. The predicted molar refractivity (Wildman–Crippen MR) is 83.2 cm³/mol. The van der Waals surface area contributed by atoms with Crippen LogP contribution in [0.5, 0.6) is 0 Å². The Labute approximate surface area is 132 Å². The fourth-order valence-electron chi connectivity index (χ4n) is 2.73. The van der Waals surface area contributed by atoms with Crippen molar-refractivity contribution in [1.82, 2.24) is 4.90 Å². The van der Waals surface area contributed by atoms with Gasteiger partial charge in [-0.25, -0.2) is 0 Å². The van der Waals surface area contributed by atoms with Crippen LogP contribution >= 0.6 is 11.8 Å². The SMILES string of the molecule is NC(=O)[C@H]1CCN(C(=O)C[C@H]2Sc3ccccc3NC2=O)C1. The summed E-state index contributed by atoms with van der Waals surface area (Å²) in [6.07, 6.45) is 0.740. The molecule has 0 spiro atoms. The van der Waals surface area contributed by atoms with E-state index >= 15 is 0 Å². The minimum atomic E-state index is -0.435. The number of nitrogens with zero attached hydrogens (tertiary/aromatic N) is 1. The Bertz CT molecular complexity index is 634. The van der Waals surface area contributed by atoms with E-state index in [2.05, 4.69) is 5.32 Å². The number of primary amides is 1. The molecule has 3 rings (SSSR count). The van der Waals surface area contributed by atoms with Gasteiger partial charge in [0.05, 0.1) is 16.9 Å². The quantitative estimate of drug-likeness (QED) is 0.863. The molecule has 2 aliphatic rings. The number of thioether (sulfide) groups is 1. The molecule has 0 bridgehead atoms. The molecule has 1 fully saturated rings. The minimum absolute atomic E-state index is 0.101. The fourth-order valence-corrected chi connectivity index (χ4v) is 3.84. The van der Waals surface area contributed by atoms with Crippen molar-refractivity contribution in [2.45, 2.75) is 23.0 Å². The molecule has 2 aliphatic heterocycles. The van der Waals surface area contributed by atoms with Gasteiger partial charge >= 0.3 is 0 Å². The molecule has 3 N–H and O–H groups in total. The molecule has 1 aromatic rings. The Morgan fingerprint density at radius 3 is 2.86 bits per heavy atom. The van der Waals surface area contributed by atoms with Crippen LogP contribution in [-0.4, -0.2) is 41.0 Å². The summed E-state index contributed by atoms with van der Waals surface area (Å²) < 4.78 is 0. The van der Waals surface area contributed by atoms with Gasteiger partial charge in [-0.15, -0.1) is 11.8 Å². The number of rotatable bonds is 3. The van der Waals surface area contributed by atoms with Crippen molar-refractivity contribution < 1.29 is 14.4 Å². The van der Waals surface area contributed by atoms with Gasteiger partial charge in [-0.2, -0.15) is 0 Å². The molecule has 7 heteroatoms. The second kappa shape index (κ2) is 6.00. The molecule has 22 heavy (non-hydrogen) atoms. The summed E-state index contributed by atoms with van der Waals surface area (Å²) in [6.45, 7) is 0.895. The van der Waals surface area contributed by atoms with Crippen LogP contribution in [0.1, 0.15) is 12.8 Å². The number of nitrogens with two attached hydrogens (primary N) is 1. The van der Waals surface area contributed by atoms with Crippen LogP contribution in [-0.2, 0) is 14.4 Å². The number of fused-ring (bicyclic) bond motifs is 1. The highest BCUT2D eigenvalue weighted by Crippen LogP contribution is 2.37. The number of likely N-dealkylation sites (tertiary alicyclic amines) is 1. The van der Waals surface area contributed by atoms with E-state index in [4.69, 9.17) is 5.73 Å². The summed E-state index contributed by atoms with van der Waals surface area (Å²) in [5.74, 6) is -0.884. The first kappa shape index (κ1) is 14.9. The molecule has 0 saturated carbocycles. The van der Waals surface area contributed by atoms with Crippen molar-refractivity contribution >= 4 is 35.2 Å². The third-order valence-corrected chi connectivity index (χ3v) is 5.29. The monoisotopic (exact) mass is 319 g/mol. The molecule has 6 nitrogen and oxygen atoms in total. The van der Waals surface area contributed by atoms with Gasteiger partial charge in [0, 0.05) is 24.4 Å². The Morgan fingerprint density at radius 2 is 2.14 bits per heavy atom. The highest BCUT2D eigenvalue weighted by molar-refractivity contribution is 8.01. The van der Waals surface area contributed by atoms with Gasteiger partial charge in [0.25, 0.3) is 0 Å². The van der Waals surface area contributed by atoms with Crippen LogP contribution < -0.4 is 11.1 Å². The van der Waals surface area contributed by atoms with E-state index in [1.54, 1.807) is 4.90 Å². The molecule has 0 aromatic heterocycles. The topological polar surface area (TPSA) is 92.5 Å². The van der Waals surface area contributed by atoms with Gasteiger partial charge in [-0.1, -0.05) is 12.1 Å². The predicted octanol–water partition coefficient (Wildman–Crippen LogP) is 0.823.